The summed E-state index contributed by atoms with van der Waals surface area (Å²) in [7, 11) is 0. The van der Waals surface area contributed by atoms with Crippen LogP contribution in [0, 0.1) is 0 Å². The van der Waals surface area contributed by atoms with Crippen molar-refractivity contribution in [3.63, 3.8) is 0 Å². The number of nitrogens with zero attached hydrogens (tertiary/aromatic N) is 1. The smallest absolute Gasteiger partial charge is 0.328 e. The number of hydrogen-bond acceptors (Lipinski definition) is 6. The monoisotopic (exact) mass is 438 g/mol. The van der Waals surface area contributed by atoms with Gasteiger partial charge in [0.2, 0.25) is 0 Å². The molecule has 1 aliphatic heterocycles. The second-order valence-electron chi connectivity index (χ2n) is 6.88. The topological polar surface area (TPSA) is 102 Å². The maximum absolute atomic E-state index is 12.4. The van der Waals surface area contributed by atoms with Gasteiger partial charge in [0.15, 0.2) is 6.61 Å². The van der Waals surface area contributed by atoms with Gasteiger partial charge in [-0.25, -0.2) is 4.79 Å². The van der Waals surface area contributed by atoms with E-state index >= 15 is 0 Å². The molecular formula is C21H27ClN2O6. The molecule has 1 heterocycles. The molecule has 8 nitrogen and oxygen atoms in total. The van der Waals surface area contributed by atoms with E-state index in [4.69, 9.17) is 21.1 Å². The van der Waals surface area contributed by atoms with Crippen LogP contribution in [0.3, 0.4) is 0 Å². The van der Waals surface area contributed by atoms with Gasteiger partial charge in [-0.2, -0.15) is 0 Å². The molecule has 0 bridgehead atoms. The first-order valence-corrected chi connectivity index (χ1v) is 10.5. The molecule has 0 saturated carbocycles. The summed E-state index contributed by atoms with van der Waals surface area (Å²) < 4.78 is 10.1. The Hall–Kier alpha value is -2.61. The minimum absolute atomic E-state index is 0.0650. The minimum atomic E-state index is -0.618. The quantitative estimate of drug-likeness (QED) is 0.469. The molecule has 0 spiro atoms. The first-order valence-electron chi connectivity index (χ1n) is 10.1. The van der Waals surface area contributed by atoms with Crippen LogP contribution in [0.4, 0.5) is 0 Å². The maximum Gasteiger partial charge on any atom is 0.328 e. The van der Waals surface area contributed by atoms with Crippen LogP contribution in [0.2, 0.25) is 5.02 Å². The highest BCUT2D eigenvalue weighted by atomic mass is 35.5. The number of carbonyl (C=O) groups excluding carboxylic acids is 4. The van der Waals surface area contributed by atoms with Crippen molar-refractivity contribution >= 4 is 35.4 Å². The molecule has 1 unspecified atom stereocenters. The third kappa shape index (κ3) is 7.33. The first-order chi connectivity index (χ1) is 14.4. The van der Waals surface area contributed by atoms with E-state index in [9.17, 15) is 19.2 Å². The summed E-state index contributed by atoms with van der Waals surface area (Å²) in [5, 5.41) is 3.25. The molecule has 9 heteroatoms. The number of ether oxygens (including phenoxy) is 2. The molecule has 1 aromatic carbocycles. The van der Waals surface area contributed by atoms with Crippen LogP contribution < -0.4 is 5.32 Å². The van der Waals surface area contributed by atoms with Crippen molar-refractivity contribution in [1.82, 2.24) is 10.2 Å². The van der Waals surface area contributed by atoms with Gasteiger partial charge in [0.25, 0.3) is 11.8 Å². The Balaban J connectivity index is 1.68. The number of hydrogen-bond donors (Lipinski definition) is 1. The molecule has 0 aromatic heterocycles. The van der Waals surface area contributed by atoms with Crippen LogP contribution in [-0.2, 0) is 23.9 Å². The zero-order chi connectivity index (χ0) is 21.9. The number of rotatable bonds is 9. The van der Waals surface area contributed by atoms with Crippen molar-refractivity contribution in [3.05, 3.63) is 34.9 Å². The SMILES string of the molecule is CCOC(=O)C1CCCCN1C(=O)COC(=O)CCCNC(=O)c1ccc(Cl)cc1. The highest BCUT2D eigenvalue weighted by Crippen LogP contribution is 2.18. The predicted molar refractivity (Wildman–Crippen MR) is 110 cm³/mol. The van der Waals surface area contributed by atoms with E-state index in [0.29, 0.717) is 36.5 Å². The number of likely N-dealkylation sites (tertiary alicyclic amines) is 1. The fourth-order valence-electron chi connectivity index (χ4n) is 3.15. The van der Waals surface area contributed by atoms with Gasteiger partial charge in [-0.1, -0.05) is 11.6 Å². The van der Waals surface area contributed by atoms with Gasteiger partial charge in [-0.3, -0.25) is 14.4 Å². The second-order valence-corrected chi connectivity index (χ2v) is 7.31. The lowest BCUT2D eigenvalue weighted by Crippen LogP contribution is -2.50. The Kier molecular flexibility index (Phi) is 9.60. The van der Waals surface area contributed by atoms with Gasteiger partial charge >= 0.3 is 11.9 Å². The Labute approximate surface area is 180 Å². The number of halogens is 1. The van der Waals surface area contributed by atoms with E-state index < -0.39 is 30.5 Å². The summed E-state index contributed by atoms with van der Waals surface area (Å²) >= 11 is 5.78. The Morgan fingerprint density at radius 2 is 1.87 bits per heavy atom. The highest BCUT2D eigenvalue weighted by molar-refractivity contribution is 6.30. The van der Waals surface area contributed by atoms with Crippen molar-refractivity contribution < 1.29 is 28.7 Å². The van der Waals surface area contributed by atoms with Crippen LogP contribution in [0.25, 0.3) is 0 Å². The average Bonchev–Trinajstić information content (AvgIpc) is 2.75. The maximum atomic E-state index is 12.4. The largest absolute Gasteiger partial charge is 0.464 e. The molecule has 0 aliphatic carbocycles. The van der Waals surface area contributed by atoms with Crippen LogP contribution in [0.15, 0.2) is 24.3 Å². The van der Waals surface area contributed by atoms with Gasteiger partial charge in [0.1, 0.15) is 6.04 Å². The lowest BCUT2D eigenvalue weighted by Gasteiger charge is -2.33. The highest BCUT2D eigenvalue weighted by Gasteiger charge is 2.33. The molecule has 1 aromatic rings. The second kappa shape index (κ2) is 12.2. The molecular weight excluding hydrogens is 412 g/mol. The Bertz CT molecular complexity index is 752. The molecule has 164 valence electrons. The number of piperidine rings is 1. The molecule has 1 saturated heterocycles. The van der Waals surface area contributed by atoms with E-state index in [0.717, 1.165) is 12.8 Å². The molecule has 1 aliphatic rings. The lowest BCUT2D eigenvalue weighted by molar-refractivity contribution is -0.160. The summed E-state index contributed by atoms with van der Waals surface area (Å²) in [6.45, 7) is 2.29. The van der Waals surface area contributed by atoms with Crippen LogP contribution in [0.1, 0.15) is 49.4 Å². The molecule has 2 amide bonds. The van der Waals surface area contributed by atoms with Gasteiger partial charge in [-0.15, -0.1) is 0 Å². The van der Waals surface area contributed by atoms with Crippen LogP contribution in [0.5, 0.6) is 0 Å². The molecule has 2 rings (SSSR count). The molecule has 30 heavy (non-hydrogen) atoms. The van der Waals surface area contributed by atoms with Crippen LogP contribution >= 0.6 is 11.6 Å². The number of amides is 2. The number of nitrogens with one attached hydrogen (secondary N) is 1. The van der Waals surface area contributed by atoms with Crippen LogP contribution in [-0.4, -0.2) is 61.0 Å². The minimum Gasteiger partial charge on any atom is -0.464 e. The number of esters is 2. The molecule has 1 N–H and O–H groups in total. The molecule has 1 atom stereocenters. The average molecular weight is 439 g/mol. The lowest BCUT2D eigenvalue weighted by atomic mass is 10.0. The zero-order valence-corrected chi connectivity index (χ0v) is 17.8. The predicted octanol–water partition coefficient (Wildman–Crippen LogP) is 2.34. The van der Waals surface area contributed by atoms with E-state index in [1.165, 1.54) is 4.90 Å². The van der Waals surface area contributed by atoms with Gasteiger partial charge in [-0.05, 0) is 56.9 Å². The summed E-state index contributed by atoms with van der Waals surface area (Å²) in [4.78, 5) is 49.7. The zero-order valence-electron chi connectivity index (χ0n) is 17.0. The Morgan fingerprint density at radius 1 is 1.13 bits per heavy atom. The number of carbonyl (C=O) groups is 4. The summed E-state index contributed by atoms with van der Waals surface area (Å²) in [5.41, 5.74) is 0.477. The fraction of sp³-hybridized carbons (Fsp3) is 0.524. The van der Waals surface area contributed by atoms with Crippen molar-refractivity contribution in [2.24, 2.45) is 0 Å². The summed E-state index contributed by atoms with van der Waals surface area (Å²) in [6, 6.07) is 5.86. The first kappa shape index (κ1) is 23.7. The third-order valence-electron chi connectivity index (χ3n) is 4.69. The van der Waals surface area contributed by atoms with E-state index in [2.05, 4.69) is 5.32 Å². The number of benzene rings is 1. The van der Waals surface area contributed by atoms with Crippen molar-refractivity contribution in [1.29, 1.82) is 0 Å². The van der Waals surface area contributed by atoms with E-state index in [-0.39, 0.29) is 18.9 Å². The standard InChI is InChI=1S/C21H27ClN2O6/c1-2-29-21(28)17-6-3-4-13-24(17)18(25)14-30-19(26)7-5-12-23-20(27)15-8-10-16(22)11-9-15/h8-11,17H,2-7,12-14H2,1H3,(H,23,27). The van der Waals surface area contributed by atoms with E-state index in [1.807, 2.05) is 0 Å². The van der Waals surface area contributed by atoms with Crippen molar-refractivity contribution in [2.75, 3.05) is 26.3 Å². The van der Waals surface area contributed by atoms with Gasteiger partial charge in [0.05, 0.1) is 6.61 Å². The van der Waals surface area contributed by atoms with Crippen molar-refractivity contribution in [3.8, 4) is 0 Å². The fourth-order valence-corrected chi connectivity index (χ4v) is 3.27. The molecule has 1 fully saturated rings. The summed E-state index contributed by atoms with van der Waals surface area (Å²) in [5.74, 6) is -1.62. The third-order valence-corrected chi connectivity index (χ3v) is 4.94. The Morgan fingerprint density at radius 3 is 2.57 bits per heavy atom. The normalized spacial score (nSPS) is 15.9. The van der Waals surface area contributed by atoms with Gasteiger partial charge < -0.3 is 19.7 Å². The summed E-state index contributed by atoms with van der Waals surface area (Å²) in [6.07, 6.45) is 2.63. The van der Waals surface area contributed by atoms with Gasteiger partial charge in [0, 0.05) is 30.1 Å². The van der Waals surface area contributed by atoms with Crippen molar-refractivity contribution in [2.45, 2.75) is 45.1 Å². The van der Waals surface area contributed by atoms with E-state index in [1.54, 1.807) is 31.2 Å². The molecule has 0 radical (unpaired) electrons.